The van der Waals surface area contributed by atoms with Gasteiger partial charge < -0.3 is 5.11 Å². The van der Waals surface area contributed by atoms with E-state index in [1.54, 1.807) is 22.9 Å². The highest BCUT2D eigenvalue weighted by atomic mass is 16.3. The molecule has 1 saturated heterocycles. The van der Waals surface area contributed by atoms with Gasteiger partial charge in [0.2, 0.25) is 5.91 Å². The number of piperidine rings is 1. The Balaban J connectivity index is 2.12. The highest BCUT2D eigenvalue weighted by molar-refractivity contribution is 6.00. The van der Waals surface area contributed by atoms with Crippen molar-refractivity contribution in [2.45, 2.75) is 25.8 Å². The fourth-order valence-corrected chi connectivity index (χ4v) is 2.44. The van der Waals surface area contributed by atoms with Crippen LogP contribution in [-0.2, 0) is 9.59 Å². The third-order valence-electron chi connectivity index (χ3n) is 3.38. The van der Waals surface area contributed by atoms with Gasteiger partial charge in [-0.15, -0.1) is 0 Å². The molecule has 1 aliphatic heterocycles. The van der Waals surface area contributed by atoms with Crippen molar-refractivity contribution in [3.05, 3.63) is 23.9 Å². The molecule has 6 heteroatoms. The average molecular weight is 259 g/mol. The quantitative estimate of drug-likeness (QED) is 0.749. The van der Waals surface area contributed by atoms with Crippen LogP contribution in [0.1, 0.15) is 24.6 Å². The lowest BCUT2D eigenvalue weighted by atomic mass is 10.1. The van der Waals surface area contributed by atoms with Crippen molar-refractivity contribution in [1.82, 2.24) is 15.1 Å². The minimum Gasteiger partial charge on any atom is -0.508 e. The summed E-state index contributed by atoms with van der Waals surface area (Å²) in [5.41, 5.74) is 1.49. The summed E-state index contributed by atoms with van der Waals surface area (Å²) in [6.07, 6.45) is 0.728. The minimum absolute atomic E-state index is 0.126. The Kier molecular flexibility index (Phi) is 2.51. The number of imide groups is 1. The summed E-state index contributed by atoms with van der Waals surface area (Å²) in [7, 11) is 0. The normalized spacial score (nSPS) is 19.7. The van der Waals surface area contributed by atoms with E-state index < -0.39 is 6.04 Å². The molecule has 2 aromatic rings. The number of aromatic nitrogens is 2. The largest absolute Gasteiger partial charge is 0.508 e. The van der Waals surface area contributed by atoms with Crippen LogP contribution in [0.15, 0.2) is 18.2 Å². The van der Waals surface area contributed by atoms with Crippen molar-refractivity contribution in [2.75, 3.05) is 0 Å². The number of phenols is 1. The number of carbonyl (C=O) groups excluding carboxylic acids is 2. The summed E-state index contributed by atoms with van der Waals surface area (Å²) in [5.74, 6) is -0.470. The molecule has 0 bridgehead atoms. The van der Waals surface area contributed by atoms with Crippen LogP contribution in [0, 0.1) is 6.92 Å². The topological polar surface area (TPSA) is 84.2 Å². The smallest absolute Gasteiger partial charge is 0.251 e. The molecule has 6 nitrogen and oxygen atoms in total. The number of carbonyl (C=O) groups is 2. The lowest BCUT2D eigenvalue weighted by molar-refractivity contribution is -0.135. The molecule has 3 rings (SSSR count). The Morgan fingerprint density at radius 1 is 1.42 bits per heavy atom. The second-order valence-corrected chi connectivity index (χ2v) is 4.70. The van der Waals surface area contributed by atoms with E-state index in [-0.39, 0.29) is 17.6 Å². The van der Waals surface area contributed by atoms with Crippen LogP contribution in [0.2, 0.25) is 0 Å². The maximum absolute atomic E-state index is 11.9. The number of aromatic hydroxyl groups is 1. The zero-order valence-electron chi connectivity index (χ0n) is 10.4. The Labute approximate surface area is 109 Å². The molecule has 19 heavy (non-hydrogen) atoms. The molecule has 0 aliphatic carbocycles. The SMILES string of the molecule is Cc1nn(C2CCC(=O)NC2=O)c2cc(O)ccc12. The van der Waals surface area contributed by atoms with E-state index in [0.29, 0.717) is 18.4 Å². The monoisotopic (exact) mass is 259 g/mol. The highest BCUT2D eigenvalue weighted by Gasteiger charge is 2.30. The van der Waals surface area contributed by atoms with Crippen molar-refractivity contribution in [3.63, 3.8) is 0 Å². The lowest BCUT2D eigenvalue weighted by Crippen LogP contribution is -2.42. The molecular weight excluding hydrogens is 246 g/mol. The Hall–Kier alpha value is -2.37. The summed E-state index contributed by atoms with van der Waals surface area (Å²) in [6, 6.07) is 4.44. The van der Waals surface area contributed by atoms with Crippen LogP contribution in [0.4, 0.5) is 0 Å². The molecule has 1 aromatic carbocycles. The van der Waals surface area contributed by atoms with Crippen molar-refractivity contribution in [2.24, 2.45) is 0 Å². The van der Waals surface area contributed by atoms with Crippen molar-refractivity contribution in [3.8, 4) is 5.75 Å². The summed E-state index contributed by atoms with van der Waals surface area (Å²) >= 11 is 0. The molecule has 1 aliphatic rings. The molecule has 1 fully saturated rings. The van der Waals surface area contributed by atoms with Gasteiger partial charge in [0.25, 0.3) is 5.91 Å². The van der Waals surface area contributed by atoms with E-state index in [1.165, 1.54) is 0 Å². The Morgan fingerprint density at radius 2 is 2.21 bits per heavy atom. The number of fused-ring (bicyclic) bond motifs is 1. The molecule has 2 amide bonds. The lowest BCUT2D eigenvalue weighted by Gasteiger charge is -2.21. The maximum Gasteiger partial charge on any atom is 0.251 e. The Bertz CT molecular complexity index is 690. The number of phenolic OH excluding ortho intramolecular Hbond substituents is 1. The van der Waals surface area contributed by atoms with Crippen molar-refractivity contribution >= 4 is 22.7 Å². The van der Waals surface area contributed by atoms with E-state index in [9.17, 15) is 14.7 Å². The zero-order chi connectivity index (χ0) is 13.6. The van der Waals surface area contributed by atoms with Gasteiger partial charge in [-0.1, -0.05) is 0 Å². The van der Waals surface area contributed by atoms with E-state index >= 15 is 0 Å². The molecule has 98 valence electrons. The second-order valence-electron chi connectivity index (χ2n) is 4.70. The van der Waals surface area contributed by atoms with Crippen LogP contribution in [0.25, 0.3) is 10.9 Å². The average Bonchev–Trinajstić information content (AvgIpc) is 2.66. The van der Waals surface area contributed by atoms with Crippen LogP contribution >= 0.6 is 0 Å². The third kappa shape index (κ3) is 1.85. The van der Waals surface area contributed by atoms with Gasteiger partial charge in [0.1, 0.15) is 11.8 Å². The second kappa shape index (κ2) is 4.08. The van der Waals surface area contributed by atoms with E-state index in [1.807, 2.05) is 6.92 Å². The number of rotatable bonds is 1. The van der Waals surface area contributed by atoms with Gasteiger partial charge in [-0.05, 0) is 25.5 Å². The molecule has 0 spiro atoms. The fraction of sp³-hybridized carbons (Fsp3) is 0.308. The summed E-state index contributed by atoms with van der Waals surface area (Å²) in [5, 5.41) is 17.1. The molecular formula is C13H13N3O3. The summed E-state index contributed by atoms with van der Waals surface area (Å²) in [6.45, 7) is 1.85. The first-order valence-electron chi connectivity index (χ1n) is 6.08. The molecule has 0 saturated carbocycles. The number of nitrogens with one attached hydrogen (secondary N) is 1. The van der Waals surface area contributed by atoms with Crippen LogP contribution in [0.3, 0.4) is 0 Å². The number of aryl methyl sites for hydroxylation is 1. The van der Waals surface area contributed by atoms with Crippen LogP contribution in [0.5, 0.6) is 5.75 Å². The van der Waals surface area contributed by atoms with Gasteiger partial charge in [-0.2, -0.15) is 5.10 Å². The van der Waals surface area contributed by atoms with Gasteiger partial charge in [0, 0.05) is 17.9 Å². The van der Waals surface area contributed by atoms with E-state index in [4.69, 9.17) is 0 Å². The first kappa shape index (κ1) is 11.7. The summed E-state index contributed by atoms with van der Waals surface area (Å²) < 4.78 is 1.59. The molecule has 0 radical (unpaired) electrons. The molecule has 1 aromatic heterocycles. The number of amides is 2. The van der Waals surface area contributed by atoms with Gasteiger partial charge in [0.05, 0.1) is 11.2 Å². The summed E-state index contributed by atoms with van der Waals surface area (Å²) in [4.78, 5) is 23.1. The van der Waals surface area contributed by atoms with Gasteiger partial charge in [0.15, 0.2) is 0 Å². The van der Waals surface area contributed by atoms with Crippen LogP contribution in [-0.4, -0.2) is 26.7 Å². The fourth-order valence-electron chi connectivity index (χ4n) is 2.44. The molecule has 1 unspecified atom stereocenters. The van der Waals surface area contributed by atoms with Crippen molar-refractivity contribution < 1.29 is 14.7 Å². The van der Waals surface area contributed by atoms with Gasteiger partial charge >= 0.3 is 0 Å². The Morgan fingerprint density at radius 3 is 2.95 bits per heavy atom. The molecule has 1 atom stereocenters. The number of hydrogen-bond donors (Lipinski definition) is 2. The maximum atomic E-state index is 11.9. The number of benzene rings is 1. The van der Waals surface area contributed by atoms with E-state index in [0.717, 1.165) is 11.1 Å². The number of hydrogen-bond acceptors (Lipinski definition) is 4. The van der Waals surface area contributed by atoms with E-state index in [2.05, 4.69) is 10.4 Å². The minimum atomic E-state index is -0.504. The zero-order valence-corrected chi connectivity index (χ0v) is 10.4. The van der Waals surface area contributed by atoms with Gasteiger partial charge in [-0.25, -0.2) is 0 Å². The molecule has 2 N–H and O–H groups in total. The predicted molar refractivity (Wildman–Crippen MR) is 67.6 cm³/mol. The standard InChI is InChI=1S/C13H13N3O3/c1-7-9-3-2-8(17)6-11(9)16(15-7)10-4-5-12(18)14-13(10)19/h2-3,6,10,17H,4-5H2,1H3,(H,14,18,19). The van der Waals surface area contributed by atoms with Crippen molar-refractivity contribution in [1.29, 1.82) is 0 Å². The number of nitrogens with zero attached hydrogens (tertiary/aromatic N) is 2. The first-order valence-corrected chi connectivity index (χ1v) is 6.08. The highest BCUT2D eigenvalue weighted by Crippen LogP contribution is 2.28. The third-order valence-corrected chi connectivity index (χ3v) is 3.38. The predicted octanol–water partition coefficient (Wildman–Crippen LogP) is 1.03. The van der Waals surface area contributed by atoms with Gasteiger partial charge in [-0.3, -0.25) is 19.6 Å². The molecule has 2 heterocycles. The van der Waals surface area contributed by atoms with Crippen LogP contribution < -0.4 is 5.32 Å². The first-order chi connectivity index (χ1) is 9.06.